The van der Waals surface area contributed by atoms with Crippen molar-refractivity contribution in [2.45, 2.75) is 6.92 Å². The van der Waals surface area contributed by atoms with Crippen molar-refractivity contribution >= 4 is 17.6 Å². The zero-order valence-electron chi connectivity index (χ0n) is 10.3. The van der Waals surface area contributed by atoms with E-state index in [9.17, 15) is 9.59 Å². The molecular formula is C14H12N2O3. The van der Waals surface area contributed by atoms with Gasteiger partial charge < -0.3 is 10.4 Å². The molecule has 5 heteroatoms. The Balaban J connectivity index is 2.22. The van der Waals surface area contributed by atoms with Crippen LogP contribution < -0.4 is 5.32 Å². The maximum absolute atomic E-state index is 12.0. The number of anilines is 1. The number of hydrogen-bond acceptors (Lipinski definition) is 3. The van der Waals surface area contributed by atoms with E-state index in [0.717, 1.165) is 0 Å². The van der Waals surface area contributed by atoms with Crippen LogP contribution in [0.1, 0.15) is 26.4 Å². The summed E-state index contributed by atoms with van der Waals surface area (Å²) in [5.74, 6) is -1.35. The van der Waals surface area contributed by atoms with Crippen molar-refractivity contribution in [1.82, 2.24) is 4.98 Å². The van der Waals surface area contributed by atoms with Gasteiger partial charge in [-0.15, -0.1) is 0 Å². The van der Waals surface area contributed by atoms with Gasteiger partial charge in [-0.05, 0) is 37.3 Å². The van der Waals surface area contributed by atoms with Crippen LogP contribution in [0.4, 0.5) is 5.69 Å². The van der Waals surface area contributed by atoms with Crippen LogP contribution in [-0.4, -0.2) is 22.0 Å². The lowest BCUT2D eigenvalue weighted by Gasteiger charge is -2.07. The molecule has 0 bridgehead atoms. The first-order valence-electron chi connectivity index (χ1n) is 5.64. The normalized spacial score (nSPS) is 9.95. The molecule has 0 spiro atoms. The topological polar surface area (TPSA) is 79.3 Å². The highest BCUT2D eigenvalue weighted by atomic mass is 16.4. The van der Waals surface area contributed by atoms with Gasteiger partial charge in [0, 0.05) is 17.6 Å². The minimum atomic E-state index is -1.03. The summed E-state index contributed by atoms with van der Waals surface area (Å²) in [7, 11) is 0. The minimum absolute atomic E-state index is 0.126. The molecule has 96 valence electrons. The van der Waals surface area contributed by atoms with Crippen molar-refractivity contribution in [2.24, 2.45) is 0 Å². The lowest BCUT2D eigenvalue weighted by Crippen LogP contribution is -2.14. The number of aryl methyl sites for hydroxylation is 1. The molecule has 2 rings (SSSR count). The van der Waals surface area contributed by atoms with Gasteiger partial charge in [-0.25, -0.2) is 4.79 Å². The number of benzene rings is 1. The number of nitrogens with zero attached hydrogens (tertiary/aromatic N) is 1. The Bertz CT molecular complexity index is 638. The molecule has 0 atom stereocenters. The molecule has 0 aliphatic rings. The largest absolute Gasteiger partial charge is 0.478 e. The van der Waals surface area contributed by atoms with Gasteiger partial charge in [-0.3, -0.25) is 9.78 Å². The number of aromatic carboxylic acids is 1. The van der Waals surface area contributed by atoms with Crippen LogP contribution in [0.2, 0.25) is 0 Å². The molecule has 0 aliphatic carbocycles. The number of amides is 1. The average Bonchev–Trinajstić information content (AvgIpc) is 2.39. The predicted molar refractivity (Wildman–Crippen MR) is 70.3 cm³/mol. The SMILES string of the molecule is Cc1ncccc1C(=O)Nc1cccc(C(=O)O)c1. The highest BCUT2D eigenvalue weighted by Crippen LogP contribution is 2.13. The van der Waals surface area contributed by atoms with Crippen molar-refractivity contribution in [2.75, 3.05) is 5.32 Å². The zero-order chi connectivity index (χ0) is 13.8. The van der Waals surface area contributed by atoms with Gasteiger partial charge in [0.2, 0.25) is 0 Å². The summed E-state index contributed by atoms with van der Waals surface area (Å²) in [6, 6.07) is 9.43. The highest BCUT2D eigenvalue weighted by Gasteiger charge is 2.10. The van der Waals surface area contributed by atoms with E-state index in [0.29, 0.717) is 16.9 Å². The molecule has 0 radical (unpaired) electrons. The third-order valence-corrected chi connectivity index (χ3v) is 2.62. The lowest BCUT2D eigenvalue weighted by molar-refractivity contribution is 0.0696. The molecule has 1 heterocycles. The van der Waals surface area contributed by atoms with Gasteiger partial charge in [0.05, 0.1) is 11.1 Å². The smallest absolute Gasteiger partial charge is 0.335 e. The maximum atomic E-state index is 12.0. The molecule has 19 heavy (non-hydrogen) atoms. The van der Waals surface area contributed by atoms with Crippen molar-refractivity contribution in [3.8, 4) is 0 Å². The first-order valence-corrected chi connectivity index (χ1v) is 5.64. The quantitative estimate of drug-likeness (QED) is 0.883. The molecule has 5 nitrogen and oxygen atoms in total. The van der Waals surface area contributed by atoms with Crippen LogP contribution in [0.3, 0.4) is 0 Å². The van der Waals surface area contributed by atoms with Crippen LogP contribution >= 0.6 is 0 Å². The Hall–Kier alpha value is -2.69. The number of carboxylic acids is 1. The second kappa shape index (κ2) is 5.30. The third-order valence-electron chi connectivity index (χ3n) is 2.62. The average molecular weight is 256 g/mol. The Kier molecular flexibility index (Phi) is 3.56. The molecule has 0 saturated carbocycles. The van der Waals surface area contributed by atoms with Gasteiger partial charge in [-0.2, -0.15) is 0 Å². The Labute approximate surface area is 109 Å². The minimum Gasteiger partial charge on any atom is -0.478 e. The van der Waals surface area contributed by atoms with Crippen molar-refractivity contribution in [3.63, 3.8) is 0 Å². The number of carbonyl (C=O) groups excluding carboxylic acids is 1. The van der Waals surface area contributed by atoms with Gasteiger partial charge in [-0.1, -0.05) is 6.07 Å². The second-order valence-corrected chi connectivity index (χ2v) is 3.98. The predicted octanol–water partition coefficient (Wildman–Crippen LogP) is 2.34. The van der Waals surface area contributed by atoms with E-state index in [4.69, 9.17) is 5.11 Å². The molecule has 2 N–H and O–H groups in total. The number of carbonyl (C=O) groups is 2. The second-order valence-electron chi connectivity index (χ2n) is 3.98. The van der Waals surface area contributed by atoms with E-state index in [2.05, 4.69) is 10.3 Å². The summed E-state index contributed by atoms with van der Waals surface area (Å²) in [4.78, 5) is 26.9. The fraction of sp³-hybridized carbons (Fsp3) is 0.0714. The molecule has 2 aromatic rings. The van der Waals surface area contributed by atoms with Crippen molar-refractivity contribution in [1.29, 1.82) is 0 Å². The molecule has 0 saturated heterocycles. The van der Waals surface area contributed by atoms with E-state index in [1.807, 2.05) is 0 Å². The monoisotopic (exact) mass is 256 g/mol. The van der Waals surface area contributed by atoms with Crippen LogP contribution in [0, 0.1) is 6.92 Å². The number of hydrogen-bond donors (Lipinski definition) is 2. The molecular weight excluding hydrogens is 244 g/mol. The van der Waals surface area contributed by atoms with Gasteiger partial charge in [0.25, 0.3) is 5.91 Å². The summed E-state index contributed by atoms with van der Waals surface area (Å²) in [6.45, 7) is 1.74. The van der Waals surface area contributed by atoms with E-state index < -0.39 is 5.97 Å². The number of carboxylic acid groups (broad SMARTS) is 1. The van der Waals surface area contributed by atoms with Crippen molar-refractivity contribution in [3.05, 3.63) is 59.4 Å². The Morgan fingerprint density at radius 3 is 2.68 bits per heavy atom. The molecule has 1 amide bonds. The summed E-state index contributed by atoms with van der Waals surface area (Å²) < 4.78 is 0. The zero-order valence-corrected chi connectivity index (χ0v) is 10.3. The summed E-state index contributed by atoms with van der Waals surface area (Å²) in [5, 5.41) is 11.5. The first kappa shape index (κ1) is 12.8. The molecule has 0 fully saturated rings. The summed E-state index contributed by atoms with van der Waals surface area (Å²) in [5.41, 5.74) is 1.64. The van der Waals surface area contributed by atoms with Crippen LogP contribution in [0.5, 0.6) is 0 Å². The number of aromatic nitrogens is 1. The molecule has 0 unspecified atom stereocenters. The van der Waals surface area contributed by atoms with Crippen LogP contribution in [-0.2, 0) is 0 Å². The first-order chi connectivity index (χ1) is 9.08. The number of pyridine rings is 1. The Morgan fingerprint density at radius 2 is 2.00 bits per heavy atom. The molecule has 1 aromatic heterocycles. The molecule has 1 aromatic carbocycles. The lowest BCUT2D eigenvalue weighted by atomic mass is 10.1. The van der Waals surface area contributed by atoms with E-state index >= 15 is 0 Å². The Morgan fingerprint density at radius 1 is 1.21 bits per heavy atom. The highest BCUT2D eigenvalue weighted by molar-refractivity contribution is 6.05. The van der Waals surface area contributed by atoms with E-state index in [1.165, 1.54) is 12.1 Å². The third kappa shape index (κ3) is 2.95. The number of rotatable bonds is 3. The van der Waals surface area contributed by atoms with Gasteiger partial charge >= 0.3 is 5.97 Å². The van der Waals surface area contributed by atoms with Crippen LogP contribution in [0.25, 0.3) is 0 Å². The summed E-state index contributed by atoms with van der Waals surface area (Å²) in [6.07, 6.45) is 1.61. The van der Waals surface area contributed by atoms with Crippen LogP contribution in [0.15, 0.2) is 42.6 Å². The number of nitrogens with one attached hydrogen (secondary N) is 1. The fourth-order valence-electron chi connectivity index (χ4n) is 1.65. The van der Waals surface area contributed by atoms with E-state index in [1.54, 1.807) is 37.4 Å². The fourth-order valence-corrected chi connectivity index (χ4v) is 1.65. The van der Waals surface area contributed by atoms with Gasteiger partial charge in [0.1, 0.15) is 0 Å². The molecule has 0 aliphatic heterocycles. The van der Waals surface area contributed by atoms with Crippen molar-refractivity contribution < 1.29 is 14.7 Å². The standard InChI is InChI=1S/C14H12N2O3/c1-9-12(6-3-7-15-9)13(17)16-11-5-2-4-10(8-11)14(18)19/h2-8H,1H3,(H,16,17)(H,18,19). The van der Waals surface area contributed by atoms with Gasteiger partial charge in [0.15, 0.2) is 0 Å². The summed E-state index contributed by atoms with van der Waals surface area (Å²) >= 11 is 0. The van der Waals surface area contributed by atoms with E-state index in [-0.39, 0.29) is 11.5 Å². The maximum Gasteiger partial charge on any atom is 0.335 e.